The minimum atomic E-state index is -0.531. The molecular formula is C19H24N2O2S. The highest BCUT2D eigenvalue weighted by Crippen LogP contribution is 2.11. The summed E-state index contributed by atoms with van der Waals surface area (Å²) in [5, 5.41) is 7.63. The zero-order valence-electron chi connectivity index (χ0n) is 14.3. The van der Waals surface area contributed by atoms with E-state index < -0.39 is 6.04 Å². The van der Waals surface area contributed by atoms with Crippen molar-refractivity contribution in [3.05, 3.63) is 57.8 Å². The summed E-state index contributed by atoms with van der Waals surface area (Å²) in [4.78, 5) is 25.2. The predicted molar refractivity (Wildman–Crippen MR) is 98.3 cm³/mol. The van der Waals surface area contributed by atoms with Gasteiger partial charge in [0.2, 0.25) is 5.91 Å². The average molecular weight is 344 g/mol. The van der Waals surface area contributed by atoms with Gasteiger partial charge in [0.05, 0.1) is 4.88 Å². The molecule has 0 radical (unpaired) electrons. The summed E-state index contributed by atoms with van der Waals surface area (Å²) in [7, 11) is 0. The van der Waals surface area contributed by atoms with Crippen molar-refractivity contribution < 1.29 is 9.59 Å². The number of nitrogens with one attached hydrogen (secondary N) is 2. The summed E-state index contributed by atoms with van der Waals surface area (Å²) < 4.78 is 0. The van der Waals surface area contributed by atoms with Crippen molar-refractivity contribution in [2.24, 2.45) is 5.92 Å². The molecule has 2 amide bonds. The van der Waals surface area contributed by atoms with Crippen LogP contribution in [0.15, 0.2) is 41.8 Å². The van der Waals surface area contributed by atoms with Gasteiger partial charge >= 0.3 is 0 Å². The van der Waals surface area contributed by atoms with Gasteiger partial charge in [0.1, 0.15) is 6.04 Å². The number of hydrogen-bond donors (Lipinski definition) is 2. The minimum Gasteiger partial charge on any atom is -0.354 e. The van der Waals surface area contributed by atoms with Crippen molar-refractivity contribution in [1.29, 1.82) is 0 Å². The summed E-state index contributed by atoms with van der Waals surface area (Å²) in [6.45, 7) is 6.48. The highest BCUT2D eigenvalue weighted by Gasteiger charge is 2.24. The molecule has 2 N–H and O–H groups in total. The highest BCUT2D eigenvalue weighted by atomic mass is 32.1. The fraction of sp³-hybridized carbons (Fsp3) is 0.368. The van der Waals surface area contributed by atoms with Crippen molar-refractivity contribution in [2.75, 3.05) is 6.54 Å². The highest BCUT2D eigenvalue weighted by molar-refractivity contribution is 7.12. The molecule has 5 heteroatoms. The van der Waals surface area contributed by atoms with Gasteiger partial charge in [-0.1, -0.05) is 44.2 Å². The van der Waals surface area contributed by atoms with E-state index in [9.17, 15) is 9.59 Å². The van der Waals surface area contributed by atoms with Crippen molar-refractivity contribution in [1.82, 2.24) is 10.6 Å². The molecule has 4 nitrogen and oxygen atoms in total. The third kappa shape index (κ3) is 4.93. The van der Waals surface area contributed by atoms with Crippen molar-refractivity contribution >= 4 is 23.2 Å². The summed E-state index contributed by atoms with van der Waals surface area (Å²) in [6.07, 6.45) is 0.780. The van der Waals surface area contributed by atoms with Gasteiger partial charge in [-0.15, -0.1) is 11.3 Å². The fourth-order valence-corrected chi connectivity index (χ4v) is 3.10. The number of carbonyl (C=O) groups is 2. The standard InChI is InChI=1S/C19H24N2O2S/c1-13(2)17(21-18(22)16-9-6-12-24-16)19(23)20-11-10-15-8-5-4-7-14(15)3/h4-9,12-13,17H,10-11H2,1-3H3,(H,20,23)(H,21,22)/t17-/m1/s1. The lowest BCUT2D eigenvalue weighted by Gasteiger charge is -2.21. The van der Waals surface area contributed by atoms with E-state index >= 15 is 0 Å². The second-order valence-corrected chi connectivity index (χ2v) is 7.09. The van der Waals surface area contributed by atoms with E-state index in [-0.39, 0.29) is 17.7 Å². The van der Waals surface area contributed by atoms with Crippen LogP contribution < -0.4 is 10.6 Å². The molecule has 0 aliphatic rings. The van der Waals surface area contributed by atoms with Crippen LogP contribution in [0.3, 0.4) is 0 Å². The lowest BCUT2D eigenvalue weighted by molar-refractivity contribution is -0.123. The third-order valence-electron chi connectivity index (χ3n) is 3.94. The quantitative estimate of drug-likeness (QED) is 0.810. The first-order valence-electron chi connectivity index (χ1n) is 8.15. The van der Waals surface area contributed by atoms with Gasteiger partial charge in [-0.25, -0.2) is 0 Å². The third-order valence-corrected chi connectivity index (χ3v) is 4.80. The Bertz CT molecular complexity index is 680. The number of aryl methyl sites for hydroxylation is 1. The Morgan fingerprint density at radius 3 is 2.50 bits per heavy atom. The zero-order valence-corrected chi connectivity index (χ0v) is 15.2. The largest absolute Gasteiger partial charge is 0.354 e. The molecule has 0 aliphatic heterocycles. The second-order valence-electron chi connectivity index (χ2n) is 6.14. The SMILES string of the molecule is Cc1ccccc1CCNC(=O)[C@H](NC(=O)c1cccs1)C(C)C. The maximum atomic E-state index is 12.4. The van der Waals surface area contributed by atoms with Crippen molar-refractivity contribution in [2.45, 2.75) is 33.2 Å². The van der Waals surface area contributed by atoms with Gasteiger partial charge in [0.15, 0.2) is 0 Å². The van der Waals surface area contributed by atoms with E-state index in [2.05, 4.69) is 29.7 Å². The Hall–Kier alpha value is -2.14. The molecule has 2 aromatic rings. The molecule has 128 valence electrons. The van der Waals surface area contributed by atoms with E-state index in [0.29, 0.717) is 11.4 Å². The van der Waals surface area contributed by atoms with Crippen LogP contribution in [0.1, 0.15) is 34.6 Å². The van der Waals surface area contributed by atoms with E-state index in [1.807, 2.05) is 37.4 Å². The van der Waals surface area contributed by atoms with Gasteiger partial charge in [-0.2, -0.15) is 0 Å². The summed E-state index contributed by atoms with van der Waals surface area (Å²) in [5.74, 6) is -0.311. The molecule has 0 fully saturated rings. The topological polar surface area (TPSA) is 58.2 Å². The van der Waals surface area contributed by atoms with E-state index in [0.717, 1.165) is 6.42 Å². The Balaban J connectivity index is 1.89. The number of carbonyl (C=O) groups excluding carboxylic acids is 2. The number of amides is 2. The van der Waals surface area contributed by atoms with Gasteiger partial charge in [0.25, 0.3) is 5.91 Å². The molecule has 0 unspecified atom stereocenters. The molecule has 0 bridgehead atoms. The maximum Gasteiger partial charge on any atom is 0.262 e. The smallest absolute Gasteiger partial charge is 0.262 e. The lowest BCUT2D eigenvalue weighted by atomic mass is 10.0. The lowest BCUT2D eigenvalue weighted by Crippen LogP contribution is -2.49. The molecule has 24 heavy (non-hydrogen) atoms. The first-order valence-corrected chi connectivity index (χ1v) is 9.03. The number of thiophene rings is 1. The van der Waals surface area contributed by atoms with Crippen LogP contribution in [0, 0.1) is 12.8 Å². The molecule has 1 aromatic carbocycles. The van der Waals surface area contributed by atoms with Crippen LogP contribution in [0.5, 0.6) is 0 Å². The molecule has 0 spiro atoms. The van der Waals surface area contributed by atoms with E-state index in [4.69, 9.17) is 0 Å². The molecular weight excluding hydrogens is 320 g/mol. The summed E-state index contributed by atoms with van der Waals surface area (Å²) in [6, 6.07) is 11.2. The predicted octanol–water partition coefficient (Wildman–Crippen LogP) is 3.17. The number of benzene rings is 1. The Morgan fingerprint density at radius 1 is 1.12 bits per heavy atom. The molecule has 2 rings (SSSR count). The van der Waals surface area contributed by atoms with Crippen LogP contribution >= 0.6 is 11.3 Å². The maximum absolute atomic E-state index is 12.4. The zero-order chi connectivity index (χ0) is 17.5. The van der Waals surface area contributed by atoms with Crippen molar-refractivity contribution in [3.63, 3.8) is 0 Å². The first-order chi connectivity index (χ1) is 11.5. The molecule has 0 saturated carbocycles. The molecule has 1 aromatic heterocycles. The second kappa shape index (κ2) is 8.64. The minimum absolute atomic E-state index is 0.0207. The van der Waals surface area contributed by atoms with Crippen LogP contribution in [0.25, 0.3) is 0 Å². The van der Waals surface area contributed by atoms with Gasteiger partial charge in [-0.3, -0.25) is 9.59 Å². The number of hydrogen-bond acceptors (Lipinski definition) is 3. The van der Waals surface area contributed by atoms with Gasteiger partial charge in [-0.05, 0) is 41.8 Å². The number of rotatable bonds is 7. The van der Waals surface area contributed by atoms with Gasteiger partial charge in [0, 0.05) is 6.54 Å². The molecule has 0 aliphatic carbocycles. The monoisotopic (exact) mass is 344 g/mol. The normalized spacial score (nSPS) is 12.0. The van der Waals surface area contributed by atoms with E-state index in [1.165, 1.54) is 22.5 Å². The molecule has 1 heterocycles. The van der Waals surface area contributed by atoms with E-state index in [1.54, 1.807) is 6.07 Å². The summed E-state index contributed by atoms with van der Waals surface area (Å²) >= 11 is 1.37. The van der Waals surface area contributed by atoms with Crippen LogP contribution in [0.4, 0.5) is 0 Å². The average Bonchev–Trinajstić information content (AvgIpc) is 3.08. The van der Waals surface area contributed by atoms with Gasteiger partial charge < -0.3 is 10.6 Å². The molecule has 0 saturated heterocycles. The summed E-state index contributed by atoms with van der Waals surface area (Å²) in [5.41, 5.74) is 2.44. The van der Waals surface area contributed by atoms with Crippen LogP contribution in [-0.2, 0) is 11.2 Å². The van der Waals surface area contributed by atoms with Crippen LogP contribution in [0.2, 0.25) is 0 Å². The Morgan fingerprint density at radius 2 is 1.88 bits per heavy atom. The Labute approximate surface area is 147 Å². The van der Waals surface area contributed by atoms with Crippen LogP contribution in [-0.4, -0.2) is 24.4 Å². The first kappa shape index (κ1) is 18.2. The molecule has 1 atom stereocenters. The Kier molecular flexibility index (Phi) is 6.55. The van der Waals surface area contributed by atoms with Crippen molar-refractivity contribution in [3.8, 4) is 0 Å². The fourth-order valence-electron chi connectivity index (χ4n) is 2.48.